The fraction of sp³-hybridized carbons (Fsp3) is 0.529. The fourth-order valence-electron chi connectivity index (χ4n) is 3.34. The summed E-state index contributed by atoms with van der Waals surface area (Å²) in [6.45, 7) is 4.38. The van der Waals surface area contributed by atoms with Gasteiger partial charge in [0.05, 0.1) is 10.9 Å². The summed E-state index contributed by atoms with van der Waals surface area (Å²) in [6.07, 6.45) is 3.23. The minimum absolute atomic E-state index is 0. The molecule has 1 atom stereocenters. The molecule has 1 N–H and O–H groups in total. The van der Waals surface area contributed by atoms with E-state index >= 15 is 0 Å². The molecule has 3 rings (SSSR count). The Labute approximate surface area is 169 Å². The van der Waals surface area contributed by atoms with Crippen molar-refractivity contribution < 1.29 is 4.79 Å². The molecule has 0 radical (unpaired) electrons. The Kier molecular flexibility index (Phi) is 8.01. The van der Waals surface area contributed by atoms with E-state index in [9.17, 15) is 14.4 Å². The summed E-state index contributed by atoms with van der Waals surface area (Å²) >= 11 is 0. The number of carbonyl (C=O) groups is 1. The van der Waals surface area contributed by atoms with E-state index in [1.54, 1.807) is 13.1 Å². The highest BCUT2D eigenvalue weighted by Gasteiger charge is 2.27. The third-order valence-corrected chi connectivity index (χ3v) is 4.74. The topological polar surface area (TPSA) is 89.2 Å². The number of hydrogen-bond donors (Lipinski definition) is 1. The molecule has 10 heteroatoms. The second-order valence-corrected chi connectivity index (χ2v) is 6.45. The second-order valence-electron chi connectivity index (χ2n) is 6.45. The maximum Gasteiger partial charge on any atom is 0.332 e. The number of nitrogens with zero attached hydrogens (tertiary/aromatic N) is 4. The molecule has 150 valence electrons. The highest BCUT2D eigenvalue weighted by Crippen LogP contribution is 2.15. The van der Waals surface area contributed by atoms with E-state index in [1.165, 1.54) is 17.8 Å². The first-order chi connectivity index (χ1) is 12.0. The number of halogens is 2. The van der Waals surface area contributed by atoms with Crippen LogP contribution in [-0.4, -0.2) is 50.6 Å². The van der Waals surface area contributed by atoms with Gasteiger partial charge in [0, 0.05) is 39.4 Å². The van der Waals surface area contributed by atoms with Gasteiger partial charge in [-0.15, -0.1) is 24.8 Å². The lowest BCUT2D eigenvalue weighted by Crippen LogP contribution is -2.42. The Morgan fingerprint density at radius 3 is 2.59 bits per heavy atom. The van der Waals surface area contributed by atoms with E-state index < -0.39 is 11.2 Å². The van der Waals surface area contributed by atoms with E-state index in [1.807, 2.05) is 11.8 Å². The maximum atomic E-state index is 13.0. The fourth-order valence-corrected chi connectivity index (χ4v) is 3.34. The Morgan fingerprint density at radius 2 is 2.00 bits per heavy atom. The zero-order valence-corrected chi connectivity index (χ0v) is 17.2. The van der Waals surface area contributed by atoms with Crippen LogP contribution in [0.5, 0.6) is 0 Å². The monoisotopic (exact) mass is 417 g/mol. The van der Waals surface area contributed by atoms with Crippen molar-refractivity contribution in [1.82, 2.24) is 24.3 Å². The smallest absolute Gasteiger partial charge is 0.332 e. The van der Waals surface area contributed by atoms with Crippen LogP contribution in [0.1, 0.15) is 30.1 Å². The normalized spacial score (nSPS) is 15.9. The highest BCUT2D eigenvalue weighted by atomic mass is 35.5. The molecule has 0 aromatic carbocycles. The number of amides is 1. The van der Waals surface area contributed by atoms with Crippen LogP contribution in [0, 0.1) is 0 Å². The Balaban J connectivity index is 0.00000182. The third-order valence-electron chi connectivity index (χ3n) is 4.74. The first-order valence-corrected chi connectivity index (χ1v) is 8.53. The Hall–Kier alpha value is -1.90. The summed E-state index contributed by atoms with van der Waals surface area (Å²) in [5.41, 5.74) is -0.212. The summed E-state index contributed by atoms with van der Waals surface area (Å²) in [5, 5.41) is 3.55. The van der Waals surface area contributed by atoms with E-state index in [0.717, 1.165) is 30.5 Å². The van der Waals surface area contributed by atoms with Crippen molar-refractivity contribution in [2.24, 2.45) is 14.1 Å². The van der Waals surface area contributed by atoms with E-state index in [4.69, 9.17) is 0 Å². The van der Waals surface area contributed by atoms with Gasteiger partial charge in [-0.25, -0.2) is 9.78 Å². The van der Waals surface area contributed by atoms with Crippen molar-refractivity contribution in [3.05, 3.63) is 38.7 Å². The van der Waals surface area contributed by atoms with Crippen LogP contribution in [0.2, 0.25) is 0 Å². The van der Waals surface area contributed by atoms with E-state index in [-0.39, 0.29) is 47.8 Å². The molecule has 1 fully saturated rings. The second kappa shape index (κ2) is 9.34. The Bertz CT molecular complexity index is 935. The van der Waals surface area contributed by atoms with Crippen molar-refractivity contribution in [2.45, 2.75) is 25.8 Å². The van der Waals surface area contributed by atoms with Crippen LogP contribution < -0.4 is 16.6 Å². The molecule has 1 aliphatic rings. The van der Waals surface area contributed by atoms with Gasteiger partial charge in [0.15, 0.2) is 0 Å². The maximum absolute atomic E-state index is 13.0. The van der Waals surface area contributed by atoms with Gasteiger partial charge in [0.1, 0.15) is 5.65 Å². The summed E-state index contributed by atoms with van der Waals surface area (Å²) in [5.74, 6) is -0.124. The zero-order valence-electron chi connectivity index (χ0n) is 15.6. The SMILES string of the molecule is CCCN(C(=O)c1cnc2c(c1)c(=O)n(C)c(=O)n2C)C1CCNC1.Cl.Cl. The first kappa shape index (κ1) is 23.1. The lowest BCUT2D eigenvalue weighted by molar-refractivity contribution is 0.0692. The predicted molar refractivity (Wildman–Crippen MR) is 109 cm³/mol. The molecule has 2 aromatic rings. The predicted octanol–water partition coefficient (Wildman–Crippen LogP) is 0.690. The number of hydrogen-bond acceptors (Lipinski definition) is 5. The number of nitrogens with one attached hydrogen (secondary N) is 1. The van der Waals surface area contributed by atoms with Gasteiger partial charge < -0.3 is 10.2 Å². The number of aryl methyl sites for hydroxylation is 1. The molecule has 1 unspecified atom stereocenters. The molecule has 3 heterocycles. The van der Waals surface area contributed by atoms with Crippen LogP contribution in [0.25, 0.3) is 11.0 Å². The molecular weight excluding hydrogens is 393 g/mol. The minimum Gasteiger partial charge on any atom is -0.334 e. The van der Waals surface area contributed by atoms with Crippen LogP contribution in [0.4, 0.5) is 0 Å². The number of aromatic nitrogens is 3. The van der Waals surface area contributed by atoms with Crippen LogP contribution in [0.3, 0.4) is 0 Å². The molecular formula is C17H25Cl2N5O3. The quantitative estimate of drug-likeness (QED) is 0.790. The van der Waals surface area contributed by atoms with Gasteiger partial charge in [0.25, 0.3) is 11.5 Å². The molecule has 0 spiro atoms. The lowest BCUT2D eigenvalue weighted by Gasteiger charge is -2.28. The number of carbonyl (C=O) groups excluding carboxylic acids is 1. The lowest BCUT2D eigenvalue weighted by atomic mass is 10.1. The standard InChI is InChI=1S/C17H23N5O3.2ClH/c1-4-7-22(12-5-6-18-10-12)15(23)11-8-13-14(19-9-11)20(2)17(25)21(3)16(13)24;;/h8-9,12,18H,4-7,10H2,1-3H3;2*1H. The van der Waals surface area contributed by atoms with Gasteiger partial charge in [-0.2, -0.15) is 0 Å². The molecule has 1 saturated heterocycles. The van der Waals surface area contributed by atoms with Crippen molar-refractivity contribution in [1.29, 1.82) is 0 Å². The van der Waals surface area contributed by atoms with Gasteiger partial charge in [-0.1, -0.05) is 6.92 Å². The Morgan fingerprint density at radius 1 is 1.30 bits per heavy atom. The molecule has 1 amide bonds. The van der Waals surface area contributed by atoms with Crippen molar-refractivity contribution >= 4 is 41.8 Å². The number of pyridine rings is 1. The van der Waals surface area contributed by atoms with Crippen LogP contribution in [-0.2, 0) is 14.1 Å². The van der Waals surface area contributed by atoms with E-state index in [0.29, 0.717) is 12.1 Å². The average molecular weight is 418 g/mol. The van der Waals surface area contributed by atoms with Crippen LogP contribution >= 0.6 is 24.8 Å². The number of fused-ring (bicyclic) bond motifs is 1. The number of rotatable bonds is 4. The summed E-state index contributed by atoms with van der Waals surface area (Å²) in [4.78, 5) is 43.5. The molecule has 0 saturated carbocycles. The third kappa shape index (κ3) is 4.17. The summed E-state index contributed by atoms with van der Waals surface area (Å²) in [6, 6.07) is 1.71. The minimum atomic E-state index is -0.440. The molecule has 1 aliphatic heterocycles. The molecule has 27 heavy (non-hydrogen) atoms. The summed E-state index contributed by atoms with van der Waals surface area (Å²) < 4.78 is 2.35. The van der Waals surface area contributed by atoms with Crippen molar-refractivity contribution in [2.75, 3.05) is 19.6 Å². The first-order valence-electron chi connectivity index (χ1n) is 8.53. The highest BCUT2D eigenvalue weighted by molar-refractivity contribution is 5.97. The van der Waals surface area contributed by atoms with Crippen molar-refractivity contribution in [3.8, 4) is 0 Å². The van der Waals surface area contributed by atoms with Gasteiger partial charge in [0.2, 0.25) is 0 Å². The molecule has 0 aliphatic carbocycles. The van der Waals surface area contributed by atoms with Gasteiger partial charge in [-0.05, 0) is 25.5 Å². The largest absolute Gasteiger partial charge is 0.334 e. The molecule has 0 bridgehead atoms. The zero-order chi connectivity index (χ0) is 18.1. The van der Waals surface area contributed by atoms with Gasteiger partial charge >= 0.3 is 5.69 Å². The van der Waals surface area contributed by atoms with E-state index in [2.05, 4.69) is 10.3 Å². The average Bonchev–Trinajstić information content (AvgIpc) is 3.16. The van der Waals surface area contributed by atoms with Crippen LogP contribution in [0.15, 0.2) is 21.9 Å². The van der Waals surface area contributed by atoms with Gasteiger partial charge in [-0.3, -0.25) is 18.7 Å². The summed E-state index contributed by atoms with van der Waals surface area (Å²) in [7, 11) is 2.98. The molecule has 8 nitrogen and oxygen atoms in total. The van der Waals surface area contributed by atoms with Crippen molar-refractivity contribution in [3.63, 3.8) is 0 Å². The molecule has 2 aromatic heterocycles.